The van der Waals surface area contributed by atoms with Gasteiger partial charge in [-0.3, -0.25) is 15.0 Å². The number of anilines is 1. The molecule has 0 bridgehead atoms. The van der Waals surface area contributed by atoms with Crippen LogP contribution in [0.25, 0.3) is 0 Å². The molecular weight excluding hydrogens is 310 g/mol. The molecule has 2 rings (SSSR count). The molecule has 1 unspecified atom stereocenters. The third kappa shape index (κ3) is 4.87. The number of aldehydes is 1. The van der Waals surface area contributed by atoms with Gasteiger partial charge in [0.2, 0.25) is 0 Å². The third-order valence-electron chi connectivity index (χ3n) is 4.19. The minimum absolute atomic E-state index is 0.0284. The average molecular weight is 335 g/mol. The van der Waals surface area contributed by atoms with Crippen LogP contribution in [0.5, 0.6) is 0 Å². The van der Waals surface area contributed by atoms with Crippen LogP contribution >= 0.6 is 0 Å². The summed E-state index contributed by atoms with van der Waals surface area (Å²) < 4.78 is 0. The number of nitro benzene ring substituents is 1. The van der Waals surface area contributed by atoms with E-state index in [1.807, 2.05) is 0 Å². The number of hydrogen-bond donors (Lipinski definition) is 0. The number of carbonyl (C=O) groups is 1. The van der Waals surface area contributed by atoms with E-state index >= 15 is 0 Å². The summed E-state index contributed by atoms with van der Waals surface area (Å²) in [6.45, 7) is 10.3. The largest absolute Gasteiger partial charge is 0.369 e. The van der Waals surface area contributed by atoms with Gasteiger partial charge < -0.3 is 9.69 Å². The quantitative estimate of drug-likeness (QED) is 0.346. The highest BCUT2D eigenvalue weighted by atomic mass is 28.3. The van der Waals surface area contributed by atoms with E-state index in [2.05, 4.69) is 29.4 Å². The van der Waals surface area contributed by atoms with Gasteiger partial charge in [-0.25, -0.2) is 0 Å². The van der Waals surface area contributed by atoms with Crippen LogP contribution in [0.4, 0.5) is 11.4 Å². The van der Waals surface area contributed by atoms with Crippen molar-refractivity contribution in [2.24, 2.45) is 0 Å². The smallest absolute Gasteiger partial charge is 0.269 e. The Kier molecular flexibility index (Phi) is 5.54. The minimum Gasteiger partial charge on any atom is -0.369 e. The Morgan fingerprint density at radius 3 is 2.17 bits per heavy atom. The number of non-ortho nitro benzene ring substituents is 1. The van der Waals surface area contributed by atoms with Crippen molar-refractivity contribution in [3.8, 4) is 0 Å². The van der Waals surface area contributed by atoms with Crippen molar-refractivity contribution in [3.05, 3.63) is 34.4 Å². The van der Waals surface area contributed by atoms with Crippen molar-refractivity contribution >= 4 is 25.7 Å². The molecule has 0 N–H and O–H groups in total. The molecule has 1 aliphatic rings. The van der Waals surface area contributed by atoms with Crippen LogP contribution < -0.4 is 4.90 Å². The third-order valence-corrected chi connectivity index (χ3v) is 5.83. The summed E-state index contributed by atoms with van der Waals surface area (Å²) in [6.07, 6.45) is 1.10. The minimum atomic E-state index is -1.27. The number of piperazine rings is 1. The van der Waals surface area contributed by atoms with Crippen molar-refractivity contribution in [2.75, 3.05) is 31.1 Å². The molecule has 1 atom stereocenters. The number of nitrogens with zero attached hydrogens (tertiary/aromatic N) is 3. The fourth-order valence-corrected chi connectivity index (χ4v) is 4.60. The van der Waals surface area contributed by atoms with E-state index in [4.69, 9.17) is 0 Å². The number of benzene rings is 1. The highest BCUT2D eigenvalue weighted by molar-refractivity contribution is 6.76. The lowest BCUT2D eigenvalue weighted by atomic mass is 10.2. The number of hydrogen-bond acceptors (Lipinski definition) is 5. The van der Waals surface area contributed by atoms with Crippen LogP contribution in [0.2, 0.25) is 25.7 Å². The molecule has 23 heavy (non-hydrogen) atoms. The maximum atomic E-state index is 11.4. The molecular formula is C16H25N3O3Si. The Labute approximate surface area is 138 Å². The van der Waals surface area contributed by atoms with Crippen LogP contribution in [0, 0.1) is 10.1 Å². The second-order valence-electron chi connectivity index (χ2n) is 7.26. The van der Waals surface area contributed by atoms with Crippen LogP contribution in [-0.4, -0.2) is 56.4 Å². The van der Waals surface area contributed by atoms with Gasteiger partial charge in [-0.05, 0) is 18.2 Å². The normalized spacial score (nSPS) is 17.8. The zero-order valence-corrected chi connectivity index (χ0v) is 15.1. The zero-order valence-electron chi connectivity index (χ0n) is 14.1. The second-order valence-corrected chi connectivity index (χ2v) is 12.8. The van der Waals surface area contributed by atoms with Gasteiger partial charge in [0.1, 0.15) is 6.29 Å². The highest BCUT2D eigenvalue weighted by Crippen LogP contribution is 2.22. The second kappa shape index (κ2) is 7.23. The predicted octanol–water partition coefficient (Wildman–Crippen LogP) is 2.62. The van der Waals surface area contributed by atoms with Gasteiger partial charge in [-0.2, -0.15) is 0 Å². The number of nitro groups is 1. The van der Waals surface area contributed by atoms with Gasteiger partial charge in [0.05, 0.1) is 11.0 Å². The molecule has 7 heteroatoms. The first-order valence-corrected chi connectivity index (χ1v) is 11.7. The maximum absolute atomic E-state index is 11.4. The zero-order chi connectivity index (χ0) is 17.0. The molecule has 0 saturated carbocycles. The number of carbonyl (C=O) groups excluding carboxylic acids is 1. The molecule has 126 valence electrons. The molecule has 1 aromatic carbocycles. The first-order chi connectivity index (χ1) is 10.8. The lowest BCUT2D eigenvalue weighted by Gasteiger charge is -2.39. The van der Waals surface area contributed by atoms with Gasteiger partial charge in [0.15, 0.2) is 0 Å². The maximum Gasteiger partial charge on any atom is 0.269 e. The van der Waals surface area contributed by atoms with Gasteiger partial charge in [0.25, 0.3) is 5.69 Å². The molecule has 1 saturated heterocycles. The Balaban J connectivity index is 1.95. The van der Waals surface area contributed by atoms with Gasteiger partial charge in [-0.15, -0.1) is 0 Å². The Hall–Kier alpha value is -1.73. The first-order valence-electron chi connectivity index (χ1n) is 7.99. The lowest BCUT2D eigenvalue weighted by Crippen LogP contribution is -2.52. The van der Waals surface area contributed by atoms with E-state index < -0.39 is 8.07 Å². The molecule has 1 aromatic rings. The van der Waals surface area contributed by atoms with E-state index in [1.165, 1.54) is 0 Å². The summed E-state index contributed by atoms with van der Waals surface area (Å²) in [6, 6.07) is 7.71. The monoisotopic (exact) mass is 335 g/mol. The molecule has 0 spiro atoms. The van der Waals surface area contributed by atoms with Crippen molar-refractivity contribution < 1.29 is 9.72 Å². The Morgan fingerprint density at radius 2 is 1.74 bits per heavy atom. The molecule has 0 aliphatic carbocycles. The summed E-state index contributed by atoms with van der Waals surface area (Å²) in [7, 11) is -1.27. The molecule has 0 aromatic heterocycles. The van der Waals surface area contributed by atoms with Crippen molar-refractivity contribution in [1.82, 2.24) is 4.90 Å². The van der Waals surface area contributed by atoms with E-state index in [9.17, 15) is 14.9 Å². The molecule has 0 amide bonds. The SMILES string of the molecule is C[Si](C)(C)CC(C=O)N1CCN(c2ccc([N+](=O)[O-])cc2)CC1. The fourth-order valence-electron chi connectivity index (χ4n) is 2.99. The van der Waals surface area contributed by atoms with Crippen molar-refractivity contribution in [3.63, 3.8) is 0 Å². The van der Waals surface area contributed by atoms with E-state index in [-0.39, 0.29) is 16.7 Å². The first kappa shape index (κ1) is 17.6. The molecule has 6 nitrogen and oxygen atoms in total. The van der Waals surface area contributed by atoms with Gasteiger partial charge in [0, 0.05) is 52.1 Å². The van der Waals surface area contributed by atoms with Crippen LogP contribution in [0.1, 0.15) is 0 Å². The van der Waals surface area contributed by atoms with Crippen molar-refractivity contribution in [2.45, 2.75) is 31.7 Å². The molecule has 1 aliphatic heterocycles. The Morgan fingerprint density at radius 1 is 1.17 bits per heavy atom. The van der Waals surface area contributed by atoms with Crippen molar-refractivity contribution in [1.29, 1.82) is 0 Å². The summed E-state index contributed by atoms with van der Waals surface area (Å²) in [5.41, 5.74) is 1.12. The summed E-state index contributed by atoms with van der Waals surface area (Å²) in [4.78, 5) is 26.3. The lowest BCUT2D eigenvalue weighted by molar-refractivity contribution is -0.384. The Bertz CT molecular complexity index is 549. The summed E-state index contributed by atoms with van der Waals surface area (Å²) in [5, 5.41) is 10.7. The van der Waals surface area contributed by atoms with E-state index in [0.29, 0.717) is 0 Å². The molecule has 1 heterocycles. The summed E-state index contributed by atoms with van der Waals surface area (Å²) in [5.74, 6) is 0. The van der Waals surface area contributed by atoms with Crippen LogP contribution in [0.3, 0.4) is 0 Å². The summed E-state index contributed by atoms with van der Waals surface area (Å²) >= 11 is 0. The predicted molar refractivity (Wildman–Crippen MR) is 94.9 cm³/mol. The van der Waals surface area contributed by atoms with E-state index in [1.54, 1.807) is 24.3 Å². The standard InChI is InChI=1S/C16H25N3O3Si/c1-23(2,3)13-16(12-20)18-10-8-17(9-11-18)14-4-6-15(7-5-14)19(21)22/h4-7,12,16H,8-11,13H2,1-3H3. The van der Waals surface area contributed by atoms with Crippen LogP contribution in [-0.2, 0) is 4.79 Å². The topological polar surface area (TPSA) is 66.7 Å². The fraction of sp³-hybridized carbons (Fsp3) is 0.562. The molecule has 0 radical (unpaired) electrons. The van der Waals surface area contributed by atoms with Crippen LogP contribution in [0.15, 0.2) is 24.3 Å². The highest BCUT2D eigenvalue weighted by Gasteiger charge is 2.28. The average Bonchev–Trinajstić information content (AvgIpc) is 2.52. The number of rotatable bonds is 6. The molecule has 1 fully saturated rings. The van der Waals surface area contributed by atoms with E-state index in [0.717, 1.165) is 44.2 Å². The van der Waals surface area contributed by atoms with Gasteiger partial charge in [-0.1, -0.05) is 19.6 Å². The van der Waals surface area contributed by atoms with Gasteiger partial charge >= 0.3 is 0 Å².